The van der Waals surface area contributed by atoms with Crippen LogP contribution in [0.25, 0.3) is 5.76 Å². The summed E-state index contributed by atoms with van der Waals surface area (Å²) in [6.45, 7) is 10.6. The first kappa shape index (κ1) is 28.6. The molecule has 214 valence electrons. The van der Waals surface area contributed by atoms with Crippen LogP contribution in [0.5, 0.6) is 5.75 Å². The third kappa shape index (κ3) is 6.37. The van der Waals surface area contributed by atoms with E-state index >= 15 is 0 Å². The highest BCUT2D eigenvalue weighted by molar-refractivity contribution is 6.46. The predicted molar refractivity (Wildman–Crippen MR) is 159 cm³/mol. The lowest BCUT2D eigenvalue weighted by atomic mass is 9.93. The molecule has 1 atom stereocenters. The maximum atomic E-state index is 13.4. The highest BCUT2D eigenvalue weighted by atomic mass is 16.5. The lowest BCUT2D eigenvalue weighted by Crippen LogP contribution is -2.42. The fourth-order valence-corrected chi connectivity index (χ4v) is 5.39. The number of ether oxygens (including phenoxy) is 2. The number of aryl methyl sites for hydroxylation is 1. The summed E-state index contributed by atoms with van der Waals surface area (Å²) in [5.74, 6) is -0.432. The Hall–Kier alpha value is -3.94. The van der Waals surface area contributed by atoms with Crippen molar-refractivity contribution in [3.63, 3.8) is 0 Å². The number of likely N-dealkylation sites (tertiary alicyclic amines) is 1. The van der Waals surface area contributed by atoms with E-state index in [0.29, 0.717) is 50.1 Å². The summed E-state index contributed by atoms with van der Waals surface area (Å²) in [6, 6.07) is 22.4. The fraction of sp³-hybridized carbons (Fsp3) is 0.353. The molecule has 0 saturated carbocycles. The molecule has 5 rings (SSSR count). The molecule has 7 nitrogen and oxygen atoms in total. The van der Waals surface area contributed by atoms with Crippen molar-refractivity contribution in [2.75, 3.05) is 39.4 Å². The van der Waals surface area contributed by atoms with Crippen molar-refractivity contribution in [2.24, 2.45) is 0 Å². The van der Waals surface area contributed by atoms with E-state index in [4.69, 9.17) is 9.47 Å². The number of aliphatic hydroxyl groups is 1. The van der Waals surface area contributed by atoms with Crippen molar-refractivity contribution in [3.8, 4) is 5.75 Å². The van der Waals surface area contributed by atoms with Crippen LogP contribution in [0.2, 0.25) is 0 Å². The number of aliphatic hydroxyl groups excluding tert-OH is 1. The van der Waals surface area contributed by atoms with Crippen LogP contribution in [0.3, 0.4) is 0 Å². The number of amides is 1. The van der Waals surface area contributed by atoms with Gasteiger partial charge in [0.05, 0.1) is 24.8 Å². The van der Waals surface area contributed by atoms with Gasteiger partial charge in [-0.15, -0.1) is 0 Å². The number of hydrogen-bond acceptors (Lipinski definition) is 6. The monoisotopic (exact) mass is 554 g/mol. The summed E-state index contributed by atoms with van der Waals surface area (Å²) in [6.07, 6.45) is 0. The molecule has 0 spiro atoms. The van der Waals surface area contributed by atoms with Crippen LogP contribution in [-0.2, 0) is 20.9 Å². The van der Waals surface area contributed by atoms with Crippen LogP contribution in [0.15, 0.2) is 78.4 Å². The number of ketones is 1. The van der Waals surface area contributed by atoms with Crippen molar-refractivity contribution in [1.29, 1.82) is 0 Å². The summed E-state index contributed by atoms with van der Waals surface area (Å²) in [5.41, 5.74) is 4.79. The second-order valence-electron chi connectivity index (χ2n) is 11.0. The van der Waals surface area contributed by atoms with Gasteiger partial charge in [-0.2, -0.15) is 0 Å². The topological polar surface area (TPSA) is 79.3 Å². The molecule has 0 aliphatic carbocycles. The first-order chi connectivity index (χ1) is 19.8. The number of benzene rings is 3. The number of carbonyl (C=O) groups is 2. The van der Waals surface area contributed by atoms with E-state index in [1.54, 1.807) is 29.2 Å². The molecule has 2 aliphatic heterocycles. The number of nitrogens with zero attached hydrogens (tertiary/aromatic N) is 2. The van der Waals surface area contributed by atoms with Crippen molar-refractivity contribution in [1.82, 2.24) is 9.80 Å². The Morgan fingerprint density at radius 1 is 0.951 bits per heavy atom. The summed E-state index contributed by atoms with van der Waals surface area (Å²) < 4.78 is 11.4. The predicted octanol–water partition coefficient (Wildman–Crippen LogP) is 5.45. The quantitative estimate of drug-likeness (QED) is 0.215. The third-order valence-electron chi connectivity index (χ3n) is 8.00. The molecule has 3 aromatic carbocycles. The zero-order valence-corrected chi connectivity index (χ0v) is 24.0. The Kier molecular flexibility index (Phi) is 8.86. The molecule has 2 aliphatic rings. The number of carbonyl (C=O) groups excluding carboxylic acids is 2. The van der Waals surface area contributed by atoms with Crippen molar-refractivity contribution < 1.29 is 24.2 Å². The highest BCUT2D eigenvalue weighted by Gasteiger charge is 2.46. The van der Waals surface area contributed by atoms with E-state index in [-0.39, 0.29) is 11.3 Å². The Labute approximate surface area is 242 Å². The van der Waals surface area contributed by atoms with Crippen LogP contribution in [0.1, 0.15) is 53.6 Å². The molecule has 7 heteroatoms. The van der Waals surface area contributed by atoms with Crippen molar-refractivity contribution >= 4 is 17.4 Å². The zero-order valence-electron chi connectivity index (χ0n) is 24.0. The average Bonchev–Trinajstić information content (AvgIpc) is 3.25. The van der Waals surface area contributed by atoms with Crippen LogP contribution >= 0.6 is 0 Å². The van der Waals surface area contributed by atoms with Crippen LogP contribution in [-0.4, -0.2) is 66.0 Å². The Morgan fingerprint density at radius 2 is 1.63 bits per heavy atom. The molecule has 1 N–H and O–H groups in total. The van der Waals surface area contributed by atoms with Gasteiger partial charge < -0.3 is 19.5 Å². The van der Waals surface area contributed by atoms with Crippen LogP contribution in [0.4, 0.5) is 0 Å². The van der Waals surface area contributed by atoms with E-state index in [1.165, 1.54) is 5.56 Å². The SMILES string of the molecule is Cc1ccccc1COc1ccc(C(O)=C2C(=O)C(=O)N(CCN3CCOCC3)C2c2ccc(C(C)C)cc2)cc1. The zero-order chi connectivity index (χ0) is 28.9. The molecule has 2 fully saturated rings. The number of morpholine rings is 1. The molecule has 1 amide bonds. The van der Waals surface area contributed by atoms with E-state index in [0.717, 1.165) is 29.8 Å². The Bertz CT molecular complexity index is 1410. The van der Waals surface area contributed by atoms with Gasteiger partial charge in [-0.3, -0.25) is 14.5 Å². The normalized spacial score (nSPS) is 19.2. The van der Waals surface area contributed by atoms with Gasteiger partial charge in [-0.1, -0.05) is 62.4 Å². The molecule has 0 aromatic heterocycles. The standard InChI is InChI=1S/C34H38N2O5/c1-23(2)25-8-10-26(11-9-25)31-30(33(38)34(39)36(31)17-16-35-18-20-40-21-19-35)32(37)27-12-14-29(15-13-27)41-22-28-7-5-4-6-24(28)3/h4-15,23,31,37H,16-22H2,1-3H3. The second kappa shape index (κ2) is 12.7. The fourth-order valence-electron chi connectivity index (χ4n) is 5.39. The van der Waals surface area contributed by atoms with Gasteiger partial charge in [0.2, 0.25) is 0 Å². The molecular weight excluding hydrogens is 516 g/mol. The van der Waals surface area contributed by atoms with Gasteiger partial charge in [0.15, 0.2) is 0 Å². The summed E-state index contributed by atoms with van der Waals surface area (Å²) in [5, 5.41) is 11.5. The molecule has 3 aromatic rings. The number of Topliss-reactive ketones (excluding diaryl/α,β-unsaturated/α-hetero) is 1. The van der Waals surface area contributed by atoms with Crippen LogP contribution in [0, 0.1) is 6.92 Å². The van der Waals surface area contributed by atoms with E-state index in [2.05, 4.69) is 18.7 Å². The molecular formula is C34H38N2O5. The largest absolute Gasteiger partial charge is 0.507 e. The van der Waals surface area contributed by atoms with E-state index in [9.17, 15) is 14.7 Å². The third-order valence-corrected chi connectivity index (χ3v) is 8.00. The summed E-state index contributed by atoms with van der Waals surface area (Å²) in [7, 11) is 0. The molecule has 2 heterocycles. The van der Waals surface area contributed by atoms with Crippen molar-refractivity contribution in [3.05, 3.63) is 106 Å². The number of hydrogen-bond donors (Lipinski definition) is 1. The molecule has 2 saturated heterocycles. The average molecular weight is 555 g/mol. The Balaban J connectivity index is 1.43. The molecule has 41 heavy (non-hydrogen) atoms. The maximum Gasteiger partial charge on any atom is 0.295 e. The second-order valence-corrected chi connectivity index (χ2v) is 11.0. The lowest BCUT2D eigenvalue weighted by molar-refractivity contribution is -0.140. The van der Waals surface area contributed by atoms with Gasteiger partial charge in [-0.25, -0.2) is 0 Å². The highest BCUT2D eigenvalue weighted by Crippen LogP contribution is 2.40. The smallest absolute Gasteiger partial charge is 0.295 e. The van der Waals surface area contributed by atoms with E-state index < -0.39 is 17.7 Å². The minimum Gasteiger partial charge on any atom is -0.507 e. The van der Waals surface area contributed by atoms with Gasteiger partial charge in [-0.05, 0) is 59.4 Å². The minimum atomic E-state index is -0.672. The number of rotatable bonds is 9. The van der Waals surface area contributed by atoms with Gasteiger partial charge >= 0.3 is 0 Å². The molecule has 0 radical (unpaired) electrons. The van der Waals surface area contributed by atoms with Crippen molar-refractivity contribution in [2.45, 2.75) is 39.3 Å². The summed E-state index contributed by atoms with van der Waals surface area (Å²) >= 11 is 0. The molecule has 1 unspecified atom stereocenters. The van der Waals surface area contributed by atoms with Gasteiger partial charge in [0.25, 0.3) is 11.7 Å². The first-order valence-corrected chi connectivity index (χ1v) is 14.3. The summed E-state index contributed by atoms with van der Waals surface area (Å²) in [4.78, 5) is 30.6. The van der Waals surface area contributed by atoms with Gasteiger partial charge in [0, 0.05) is 31.7 Å². The van der Waals surface area contributed by atoms with E-state index in [1.807, 2.05) is 55.5 Å². The van der Waals surface area contributed by atoms with Gasteiger partial charge in [0.1, 0.15) is 18.1 Å². The first-order valence-electron chi connectivity index (χ1n) is 14.3. The maximum absolute atomic E-state index is 13.4. The Morgan fingerprint density at radius 3 is 2.29 bits per heavy atom. The minimum absolute atomic E-state index is 0.114. The lowest BCUT2D eigenvalue weighted by Gasteiger charge is -2.31. The molecule has 0 bridgehead atoms. The van der Waals surface area contributed by atoms with Crippen LogP contribution < -0.4 is 4.74 Å².